The van der Waals surface area contributed by atoms with Gasteiger partial charge < -0.3 is 15.1 Å². The molecule has 1 saturated heterocycles. The summed E-state index contributed by atoms with van der Waals surface area (Å²) in [7, 11) is 0. The summed E-state index contributed by atoms with van der Waals surface area (Å²) >= 11 is 0. The van der Waals surface area contributed by atoms with Gasteiger partial charge in [0.2, 0.25) is 0 Å². The van der Waals surface area contributed by atoms with Crippen LogP contribution in [0.25, 0.3) is 0 Å². The Hall–Kier alpha value is -2.89. The Morgan fingerprint density at radius 3 is 2.42 bits per heavy atom. The third kappa shape index (κ3) is 3.71. The highest BCUT2D eigenvalue weighted by Gasteiger charge is 2.19. The Morgan fingerprint density at radius 1 is 1.08 bits per heavy atom. The van der Waals surface area contributed by atoms with Crippen molar-refractivity contribution in [2.75, 3.05) is 42.5 Å². The molecule has 0 spiro atoms. The van der Waals surface area contributed by atoms with Gasteiger partial charge in [-0.25, -0.2) is 9.97 Å². The van der Waals surface area contributed by atoms with E-state index in [2.05, 4.69) is 55.9 Å². The van der Waals surface area contributed by atoms with Crippen LogP contribution in [-0.2, 0) is 0 Å². The van der Waals surface area contributed by atoms with Crippen LogP contribution in [0.3, 0.4) is 0 Å². The van der Waals surface area contributed by atoms with Gasteiger partial charge in [-0.05, 0) is 12.1 Å². The minimum Gasteiger partial charge on any atom is -0.368 e. The molecule has 1 aromatic carbocycles. The van der Waals surface area contributed by atoms with Gasteiger partial charge in [-0.15, -0.1) is 6.58 Å². The van der Waals surface area contributed by atoms with Crippen LogP contribution < -0.4 is 15.1 Å². The Morgan fingerprint density at radius 2 is 1.79 bits per heavy atom. The molecule has 0 bridgehead atoms. The number of aromatic nitrogens is 2. The number of benzene rings is 1. The fourth-order valence-corrected chi connectivity index (χ4v) is 2.69. The van der Waals surface area contributed by atoms with Crippen LogP contribution in [0.15, 0.2) is 55.4 Å². The summed E-state index contributed by atoms with van der Waals surface area (Å²) in [5.74, 6) is 0.575. The molecule has 0 unspecified atom stereocenters. The molecule has 0 aliphatic carbocycles. The largest absolute Gasteiger partial charge is 0.368 e. The van der Waals surface area contributed by atoms with Gasteiger partial charge in [0.1, 0.15) is 11.5 Å². The second-order valence-corrected chi connectivity index (χ2v) is 5.57. The topological polar surface area (TPSA) is 61.4 Å². The number of nitrogens with zero attached hydrogens (tertiary/aromatic N) is 4. The Kier molecular flexibility index (Phi) is 5.05. The summed E-state index contributed by atoms with van der Waals surface area (Å²) in [4.78, 5) is 25.0. The van der Waals surface area contributed by atoms with E-state index >= 15 is 0 Å². The highest BCUT2D eigenvalue weighted by Crippen LogP contribution is 2.18. The van der Waals surface area contributed by atoms with Crippen molar-refractivity contribution in [1.82, 2.24) is 15.3 Å². The van der Waals surface area contributed by atoms with Crippen LogP contribution in [0.1, 0.15) is 10.5 Å². The van der Waals surface area contributed by atoms with Gasteiger partial charge >= 0.3 is 0 Å². The molecule has 24 heavy (non-hydrogen) atoms. The first kappa shape index (κ1) is 16.0. The molecule has 2 heterocycles. The lowest BCUT2D eigenvalue weighted by molar-refractivity contribution is 0.0952. The number of para-hydroxylation sites is 1. The number of piperazine rings is 1. The van der Waals surface area contributed by atoms with Crippen molar-refractivity contribution in [2.24, 2.45) is 0 Å². The van der Waals surface area contributed by atoms with Gasteiger partial charge in [-0.2, -0.15) is 0 Å². The van der Waals surface area contributed by atoms with E-state index in [0.717, 1.165) is 32.0 Å². The zero-order valence-electron chi connectivity index (χ0n) is 13.6. The molecule has 1 N–H and O–H groups in total. The van der Waals surface area contributed by atoms with Crippen molar-refractivity contribution in [3.63, 3.8) is 0 Å². The van der Waals surface area contributed by atoms with E-state index in [1.165, 1.54) is 11.9 Å². The maximum absolute atomic E-state index is 11.8. The molecule has 0 saturated carbocycles. The average Bonchev–Trinajstić information content (AvgIpc) is 2.67. The number of amides is 1. The van der Waals surface area contributed by atoms with Crippen molar-refractivity contribution in [3.8, 4) is 0 Å². The molecule has 124 valence electrons. The van der Waals surface area contributed by atoms with Crippen LogP contribution in [0, 0.1) is 0 Å². The average molecular weight is 323 g/mol. The Balaban J connectivity index is 1.58. The lowest BCUT2D eigenvalue weighted by Gasteiger charge is -2.36. The quantitative estimate of drug-likeness (QED) is 0.849. The first-order chi connectivity index (χ1) is 11.8. The fourth-order valence-electron chi connectivity index (χ4n) is 2.69. The number of hydrogen-bond acceptors (Lipinski definition) is 5. The van der Waals surface area contributed by atoms with Crippen molar-refractivity contribution < 1.29 is 4.79 Å². The van der Waals surface area contributed by atoms with Crippen LogP contribution >= 0.6 is 0 Å². The highest BCUT2D eigenvalue weighted by atomic mass is 16.1. The summed E-state index contributed by atoms with van der Waals surface area (Å²) in [5, 5.41) is 2.69. The second-order valence-electron chi connectivity index (χ2n) is 5.57. The molecular formula is C18H21N5O. The lowest BCUT2D eigenvalue weighted by Crippen LogP contribution is -2.46. The van der Waals surface area contributed by atoms with Crippen LogP contribution in [-0.4, -0.2) is 48.6 Å². The summed E-state index contributed by atoms with van der Waals surface area (Å²) < 4.78 is 0. The Labute approximate surface area is 141 Å². The van der Waals surface area contributed by atoms with Crippen molar-refractivity contribution in [1.29, 1.82) is 0 Å². The number of carbonyl (C=O) groups is 1. The molecule has 3 rings (SSSR count). The molecule has 1 aromatic heterocycles. The number of nitrogens with one attached hydrogen (secondary N) is 1. The molecule has 2 aromatic rings. The first-order valence-electron chi connectivity index (χ1n) is 8.04. The fraction of sp³-hybridized carbons (Fsp3) is 0.278. The van der Waals surface area contributed by atoms with E-state index in [-0.39, 0.29) is 5.91 Å². The van der Waals surface area contributed by atoms with Crippen LogP contribution in [0.4, 0.5) is 11.5 Å². The van der Waals surface area contributed by atoms with Crippen molar-refractivity contribution in [3.05, 3.63) is 61.1 Å². The zero-order chi connectivity index (χ0) is 16.8. The van der Waals surface area contributed by atoms with E-state index in [1.807, 2.05) is 6.07 Å². The molecule has 1 aliphatic heterocycles. The van der Waals surface area contributed by atoms with E-state index in [1.54, 1.807) is 12.3 Å². The predicted molar refractivity (Wildman–Crippen MR) is 95.4 cm³/mol. The molecule has 0 radical (unpaired) electrons. The van der Waals surface area contributed by atoms with Crippen LogP contribution in [0.2, 0.25) is 0 Å². The molecule has 1 fully saturated rings. The maximum atomic E-state index is 11.8. The monoisotopic (exact) mass is 323 g/mol. The van der Waals surface area contributed by atoms with Gasteiger partial charge in [0.05, 0.1) is 12.4 Å². The van der Waals surface area contributed by atoms with Gasteiger partial charge in [0.25, 0.3) is 5.91 Å². The van der Waals surface area contributed by atoms with Gasteiger partial charge in [0.15, 0.2) is 0 Å². The normalized spacial score (nSPS) is 14.3. The molecule has 6 nitrogen and oxygen atoms in total. The maximum Gasteiger partial charge on any atom is 0.271 e. The van der Waals surface area contributed by atoms with Crippen molar-refractivity contribution >= 4 is 17.4 Å². The third-order valence-corrected chi connectivity index (χ3v) is 4.00. The van der Waals surface area contributed by atoms with Gasteiger partial charge in [0, 0.05) is 38.4 Å². The van der Waals surface area contributed by atoms with Crippen LogP contribution in [0.5, 0.6) is 0 Å². The summed E-state index contributed by atoms with van der Waals surface area (Å²) in [6.45, 7) is 7.63. The zero-order valence-corrected chi connectivity index (χ0v) is 13.6. The smallest absolute Gasteiger partial charge is 0.271 e. The standard InChI is InChI=1S/C18H21N5O/c1-2-8-19-18(24)16-13-21-17(14-20-16)23-11-9-22(10-12-23)15-6-4-3-5-7-15/h2-7,13-14H,1,8-12H2,(H,19,24). The summed E-state index contributed by atoms with van der Waals surface area (Å²) in [5.41, 5.74) is 1.57. The molecule has 1 amide bonds. The molecular weight excluding hydrogens is 302 g/mol. The number of rotatable bonds is 5. The number of hydrogen-bond donors (Lipinski definition) is 1. The van der Waals surface area contributed by atoms with E-state index in [0.29, 0.717) is 12.2 Å². The predicted octanol–water partition coefficient (Wildman–Crippen LogP) is 1.72. The first-order valence-corrected chi connectivity index (χ1v) is 8.04. The molecule has 1 aliphatic rings. The van der Waals surface area contributed by atoms with E-state index in [9.17, 15) is 4.79 Å². The number of carbonyl (C=O) groups excluding carboxylic acids is 1. The Bertz CT molecular complexity index is 678. The van der Waals surface area contributed by atoms with E-state index < -0.39 is 0 Å². The van der Waals surface area contributed by atoms with Gasteiger partial charge in [-0.3, -0.25) is 4.79 Å². The van der Waals surface area contributed by atoms with Crippen molar-refractivity contribution in [2.45, 2.75) is 0 Å². The molecule has 0 atom stereocenters. The molecule has 6 heteroatoms. The number of anilines is 2. The summed E-state index contributed by atoms with van der Waals surface area (Å²) in [6.07, 6.45) is 4.82. The third-order valence-electron chi connectivity index (χ3n) is 4.00. The SMILES string of the molecule is C=CCNC(=O)c1cnc(N2CCN(c3ccccc3)CC2)cn1. The van der Waals surface area contributed by atoms with Gasteiger partial charge in [-0.1, -0.05) is 24.3 Å². The lowest BCUT2D eigenvalue weighted by atomic mass is 10.2. The summed E-state index contributed by atoms with van der Waals surface area (Å²) in [6, 6.07) is 10.4. The second kappa shape index (κ2) is 7.59. The minimum atomic E-state index is -0.233. The highest BCUT2D eigenvalue weighted by molar-refractivity contribution is 5.92. The minimum absolute atomic E-state index is 0.233. The van der Waals surface area contributed by atoms with E-state index in [4.69, 9.17) is 0 Å².